The second kappa shape index (κ2) is 6.56. The van der Waals surface area contributed by atoms with Gasteiger partial charge in [0.25, 0.3) is 5.91 Å². The third-order valence-corrected chi connectivity index (χ3v) is 6.90. The molecule has 9 heteroatoms. The lowest BCUT2D eigenvalue weighted by Gasteiger charge is -2.31. The fourth-order valence-electron chi connectivity index (χ4n) is 3.28. The lowest BCUT2D eigenvalue weighted by Crippen LogP contribution is -2.42. The van der Waals surface area contributed by atoms with Gasteiger partial charge in [-0.2, -0.15) is 15.4 Å². The van der Waals surface area contributed by atoms with Gasteiger partial charge in [-0.3, -0.25) is 4.79 Å². The Morgan fingerprint density at radius 1 is 1.19 bits per heavy atom. The van der Waals surface area contributed by atoms with E-state index < -0.39 is 15.1 Å². The molecule has 3 heterocycles. The molecule has 1 aliphatic rings. The zero-order valence-corrected chi connectivity index (χ0v) is 14.8. The van der Waals surface area contributed by atoms with E-state index in [0.29, 0.717) is 48.3 Å². The summed E-state index contributed by atoms with van der Waals surface area (Å²) in [5, 5.41) is 10.0. The molecule has 0 bridgehead atoms. The summed E-state index contributed by atoms with van der Waals surface area (Å²) in [7, 11) is -3.30. The molecule has 4 rings (SSSR count). The van der Waals surface area contributed by atoms with Crippen molar-refractivity contribution in [1.82, 2.24) is 20.3 Å². The lowest BCUT2D eigenvalue weighted by atomic mass is 10.1. The number of nitrogens with one attached hydrogen (secondary N) is 1. The minimum absolute atomic E-state index is 0.0958. The van der Waals surface area contributed by atoms with Crippen molar-refractivity contribution in [2.45, 2.75) is 23.8 Å². The molecule has 1 aliphatic heterocycles. The second-order valence-corrected chi connectivity index (χ2v) is 8.69. The van der Waals surface area contributed by atoms with E-state index >= 15 is 0 Å². The van der Waals surface area contributed by atoms with E-state index in [4.69, 9.17) is 4.42 Å². The zero-order valence-electron chi connectivity index (χ0n) is 14.0. The van der Waals surface area contributed by atoms with E-state index in [9.17, 15) is 13.2 Å². The third kappa shape index (κ3) is 3.22. The summed E-state index contributed by atoms with van der Waals surface area (Å²) in [5.74, 6) is 0.239. The van der Waals surface area contributed by atoms with Gasteiger partial charge >= 0.3 is 0 Å². The standard InChI is InChI=1S/C17H18N4O4S/c22-17(12-3-4-15-16(10-12)19-20-18-15)21-7-5-14(6-8-21)26(23,24)11-13-2-1-9-25-13/h1-4,9-10,14H,5-8,11H2,(H,18,19,20). The number of aromatic nitrogens is 3. The number of hydrogen-bond donors (Lipinski definition) is 1. The van der Waals surface area contributed by atoms with E-state index in [1.54, 1.807) is 35.2 Å². The average molecular weight is 374 g/mol. The Morgan fingerprint density at radius 2 is 1.96 bits per heavy atom. The Bertz CT molecular complexity index is 1020. The highest BCUT2D eigenvalue weighted by Crippen LogP contribution is 2.23. The van der Waals surface area contributed by atoms with Crippen LogP contribution < -0.4 is 0 Å². The normalized spacial score (nSPS) is 16.2. The predicted molar refractivity (Wildman–Crippen MR) is 94.1 cm³/mol. The molecule has 1 fully saturated rings. The fraction of sp³-hybridized carbons (Fsp3) is 0.353. The quantitative estimate of drug-likeness (QED) is 0.745. The molecule has 8 nitrogen and oxygen atoms in total. The first-order chi connectivity index (χ1) is 12.5. The van der Waals surface area contributed by atoms with E-state index in [-0.39, 0.29) is 11.7 Å². The Hall–Kier alpha value is -2.68. The van der Waals surface area contributed by atoms with Gasteiger partial charge in [0.05, 0.1) is 11.5 Å². The molecule has 136 valence electrons. The number of aromatic amines is 1. The van der Waals surface area contributed by atoms with Crippen molar-refractivity contribution >= 4 is 26.8 Å². The molecule has 0 saturated carbocycles. The van der Waals surface area contributed by atoms with Crippen molar-refractivity contribution in [3.05, 3.63) is 47.9 Å². The van der Waals surface area contributed by atoms with Crippen LogP contribution in [0.4, 0.5) is 0 Å². The lowest BCUT2D eigenvalue weighted by molar-refractivity contribution is 0.0725. The highest BCUT2D eigenvalue weighted by molar-refractivity contribution is 7.91. The Morgan fingerprint density at radius 3 is 2.69 bits per heavy atom. The van der Waals surface area contributed by atoms with Crippen molar-refractivity contribution in [2.24, 2.45) is 0 Å². The summed E-state index contributed by atoms with van der Waals surface area (Å²) in [4.78, 5) is 14.4. The third-order valence-electron chi connectivity index (χ3n) is 4.72. The highest BCUT2D eigenvalue weighted by atomic mass is 32.2. The maximum absolute atomic E-state index is 12.7. The van der Waals surface area contributed by atoms with Crippen LogP contribution in [0.15, 0.2) is 41.0 Å². The highest BCUT2D eigenvalue weighted by Gasteiger charge is 2.32. The Balaban J connectivity index is 1.42. The van der Waals surface area contributed by atoms with E-state index in [2.05, 4.69) is 15.4 Å². The zero-order chi connectivity index (χ0) is 18.1. The van der Waals surface area contributed by atoms with Gasteiger partial charge < -0.3 is 9.32 Å². The van der Waals surface area contributed by atoms with Crippen molar-refractivity contribution < 1.29 is 17.6 Å². The number of rotatable bonds is 4. The molecule has 0 aliphatic carbocycles. The molecule has 1 amide bonds. The first-order valence-corrected chi connectivity index (χ1v) is 10.1. The molecule has 0 spiro atoms. The first-order valence-electron chi connectivity index (χ1n) is 8.37. The molecule has 26 heavy (non-hydrogen) atoms. The van der Waals surface area contributed by atoms with E-state index in [1.165, 1.54) is 6.26 Å². The van der Waals surface area contributed by atoms with Gasteiger partial charge in [-0.1, -0.05) is 0 Å². The molecule has 0 unspecified atom stereocenters. The SMILES string of the molecule is O=C(c1ccc2n[nH]nc2c1)N1CCC(S(=O)(=O)Cc2ccco2)CC1. The molecule has 0 atom stereocenters. The van der Waals surface area contributed by atoms with Crippen molar-refractivity contribution in [3.63, 3.8) is 0 Å². The average Bonchev–Trinajstić information content (AvgIpc) is 3.31. The van der Waals surface area contributed by atoms with Crippen LogP contribution >= 0.6 is 0 Å². The van der Waals surface area contributed by atoms with Crippen LogP contribution in [-0.2, 0) is 15.6 Å². The number of nitrogens with zero attached hydrogens (tertiary/aromatic N) is 3. The number of fused-ring (bicyclic) bond motifs is 1. The number of benzene rings is 1. The van der Waals surface area contributed by atoms with Crippen LogP contribution in [0.2, 0.25) is 0 Å². The molecule has 1 saturated heterocycles. The van der Waals surface area contributed by atoms with Gasteiger partial charge in [-0.25, -0.2) is 8.42 Å². The van der Waals surface area contributed by atoms with Gasteiger partial charge in [0.15, 0.2) is 9.84 Å². The van der Waals surface area contributed by atoms with Crippen LogP contribution in [0.25, 0.3) is 11.0 Å². The molecule has 2 aromatic heterocycles. The van der Waals surface area contributed by atoms with Gasteiger partial charge in [-0.15, -0.1) is 0 Å². The number of sulfone groups is 1. The summed E-state index contributed by atoms with van der Waals surface area (Å²) >= 11 is 0. The van der Waals surface area contributed by atoms with Crippen LogP contribution in [0.1, 0.15) is 29.0 Å². The minimum atomic E-state index is -3.30. The number of furan rings is 1. The maximum Gasteiger partial charge on any atom is 0.253 e. The number of hydrogen-bond acceptors (Lipinski definition) is 6. The molecule has 3 aromatic rings. The molecular weight excluding hydrogens is 356 g/mol. The van der Waals surface area contributed by atoms with Crippen molar-refractivity contribution in [2.75, 3.05) is 13.1 Å². The maximum atomic E-state index is 12.7. The van der Waals surface area contributed by atoms with Crippen LogP contribution in [0, 0.1) is 0 Å². The number of carbonyl (C=O) groups is 1. The van der Waals surface area contributed by atoms with E-state index in [0.717, 1.165) is 0 Å². The van der Waals surface area contributed by atoms with Crippen LogP contribution in [-0.4, -0.2) is 53.0 Å². The number of H-pyrrole nitrogens is 1. The molecular formula is C17H18N4O4S. The number of piperidine rings is 1. The largest absolute Gasteiger partial charge is 0.468 e. The molecule has 1 N–H and O–H groups in total. The Kier molecular flexibility index (Phi) is 4.23. The first kappa shape index (κ1) is 16.8. The van der Waals surface area contributed by atoms with Gasteiger partial charge in [0.1, 0.15) is 22.5 Å². The summed E-state index contributed by atoms with van der Waals surface area (Å²) < 4.78 is 30.2. The summed E-state index contributed by atoms with van der Waals surface area (Å²) in [5.41, 5.74) is 1.86. The second-order valence-electron chi connectivity index (χ2n) is 6.41. The topological polar surface area (TPSA) is 109 Å². The van der Waals surface area contributed by atoms with E-state index in [1.807, 2.05) is 0 Å². The smallest absolute Gasteiger partial charge is 0.253 e. The van der Waals surface area contributed by atoms with Crippen LogP contribution in [0.5, 0.6) is 0 Å². The number of amides is 1. The van der Waals surface area contributed by atoms with Gasteiger partial charge in [0.2, 0.25) is 0 Å². The number of likely N-dealkylation sites (tertiary alicyclic amines) is 1. The predicted octanol–water partition coefficient (Wildman–Crippen LogP) is 1.77. The van der Waals surface area contributed by atoms with Gasteiger partial charge in [0, 0.05) is 18.7 Å². The fourth-order valence-corrected chi connectivity index (χ4v) is 5.01. The van der Waals surface area contributed by atoms with Crippen molar-refractivity contribution in [1.29, 1.82) is 0 Å². The molecule has 1 aromatic carbocycles. The van der Waals surface area contributed by atoms with Crippen molar-refractivity contribution in [3.8, 4) is 0 Å². The number of carbonyl (C=O) groups excluding carboxylic acids is 1. The van der Waals surface area contributed by atoms with Gasteiger partial charge in [-0.05, 0) is 43.2 Å². The monoisotopic (exact) mass is 374 g/mol. The summed E-state index contributed by atoms with van der Waals surface area (Å²) in [6, 6.07) is 8.49. The Labute approximate surface area is 150 Å². The molecule has 0 radical (unpaired) electrons. The van der Waals surface area contributed by atoms with Crippen LogP contribution in [0.3, 0.4) is 0 Å². The summed E-state index contributed by atoms with van der Waals surface area (Å²) in [6.45, 7) is 0.829. The minimum Gasteiger partial charge on any atom is -0.468 e. The summed E-state index contributed by atoms with van der Waals surface area (Å²) in [6.07, 6.45) is 2.33.